The fraction of sp³-hybridized carbons (Fsp3) is 0.0435. The average Bonchev–Trinajstić information content (AvgIpc) is 3.00. The third kappa shape index (κ3) is 3.08. The molecule has 1 unspecified atom stereocenters. The average molecular weight is 390 g/mol. The monoisotopic (exact) mass is 389 g/mol. The number of aliphatic hydroxyl groups excluding tert-OH is 1. The number of nitrogens with zero attached hydrogens (tertiary/aromatic N) is 1. The zero-order valence-corrected chi connectivity index (χ0v) is 15.5. The van der Waals surface area contributed by atoms with Crippen molar-refractivity contribution in [1.82, 2.24) is 0 Å². The fourth-order valence-corrected chi connectivity index (χ4v) is 3.61. The Labute approximate surface area is 167 Å². The second-order valence-corrected chi connectivity index (χ2v) is 6.86. The van der Waals surface area contributed by atoms with Crippen molar-refractivity contribution in [2.24, 2.45) is 0 Å². The lowest BCUT2D eigenvalue weighted by Crippen LogP contribution is -2.29. The molecule has 1 saturated heterocycles. The summed E-state index contributed by atoms with van der Waals surface area (Å²) >= 11 is 6.11. The lowest BCUT2D eigenvalue weighted by atomic mass is 9.95. The zero-order chi connectivity index (χ0) is 19.7. The van der Waals surface area contributed by atoms with E-state index < -0.39 is 17.7 Å². The van der Waals surface area contributed by atoms with Crippen molar-refractivity contribution < 1.29 is 14.7 Å². The molecular formula is C23H16ClNO3. The fourth-order valence-electron chi connectivity index (χ4n) is 3.43. The van der Waals surface area contributed by atoms with Crippen molar-refractivity contribution in [3.05, 3.63) is 107 Å². The van der Waals surface area contributed by atoms with Gasteiger partial charge in [0.25, 0.3) is 11.7 Å². The molecular weight excluding hydrogens is 374 g/mol. The van der Waals surface area contributed by atoms with E-state index in [0.29, 0.717) is 16.3 Å². The minimum atomic E-state index is -0.750. The Morgan fingerprint density at radius 3 is 2.14 bits per heavy atom. The van der Waals surface area contributed by atoms with Gasteiger partial charge in [0.05, 0.1) is 11.6 Å². The summed E-state index contributed by atoms with van der Waals surface area (Å²) in [5.74, 6) is -1.62. The maximum Gasteiger partial charge on any atom is 0.300 e. The van der Waals surface area contributed by atoms with Crippen LogP contribution in [0.25, 0.3) is 5.76 Å². The molecule has 4 nitrogen and oxygen atoms in total. The number of halogens is 1. The first-order valence-corrected chi connectivity index (χ1v) is 9.12. The molecule has 1 fully saturated rings. The maximum absolute atomic E-state index is 12.9. The number of aliphatic hydroxyl groups is 1. The first-order chi connectivity index (χ1) is 13.6. The lowest BCUT2D eigenvalue weighted by molar-refractivity contribution is -0.132. The highest BCUT2D eigenvalue weighted by Gasteiger charge is 2.46. The Kier molecular flexibility index (Phi) is 4.72. The number of ketones is 1. The largest absolute Gasteiger partial charge is 0.507 e. The van der Waals surface area contributed by atoms with Gasteiger partial charge in [-0.05, 0) is 23.8 Å². The van der Waals surface area contributed by atoms with Gasteiger partial charge < -0.3 is 5.11 Å². The SMILES string of the molecule is O=C1C(=O)N(c2cccc(Cl)c2)C(c2ccccc2)/C1=C(\O)c1ccccc1. The van der Waals surface area contributed by atoms with Gasteiger partial charge in [0, 0.05) is 16.3 Å². The number of hydrogen-bond donors (Lipinski definition) is 1. The van der Waals surface area contributed by atoms with E-state index in [2.05, 4.69) is 0 Å². The minimum absolute atomic E-state index is 0.0578. The topological polar surface area (TPSA) is 57.6 Å². The van der Waals surface area contributed by atoms with Gasteiger partial charge in [0.15, 0.2) is 0 Å². The van der Waals surface area contributed by atoms with E-state index in [9.17, 15) is 14.7 Å². The van der Waals surface area contributed by atoms with Gasteiger partial charge in [-0.2, -0.15) is 0 Å². The molecule has 1 atom stereocenters. The molecule has 1 N–H and O–H groups in total. The predicted octanol–water partition coefficient (Wildman–Crippen LogP) is 4.97. The summed E-state index contributed by atoms with van der Waals surface area (Å²) in [5, 5.41) is 11.4. The third-order valence-electron chi connectivity index (χ3n) is 4.69. The molecule has 1 aliphatic rings. The van der Waals surface area contributed by atoms with Gasteiger partial charge >= 0.3 is 0 Å². The summed E-state index contributed by atoms with van der Waals surface area (Å²) in [4.78, 5) is 27.3. The van der Waals surface area contributed by atoms with Gasteiger partial charge in [-0.1, -0.05) is 78.3 Å². The van der Waals surface area contributed by atoms with Crippen LogP contribution in [-0.2, 0) is 9.59 Å². The van der Waals surface area contributed by atoms with E-state index in [1.54, 1.807) is 48.5 Å². The molecule has 3 aromatic carbocycles. The van der Waals surface area contributed by atoms with Crippen LogP contribution in [0.3, 0.4) is 0 Å². The van der Waals surface area contributed by atoms with Crippen LogP contribution in [0.2, 0.25) is 5.02 Å². The summed E-state index contributed by atoms with van der Waals surface area (Å²) in [7, 11) is 0. The minimum Gasteiger partial charge on any atom is -0.507 e. The highest BCUT2D eigenvalue weighted by molar-refractivity contribution is 6.51. The lowest BCUT2D eigenvalue weighted by Gasteiger charge is -2.25. The Hall–Kier alpha value is -3.37. The highest BCUT2D eigenvalue weighted by atomic mass is 35.5. The number of amides is 1. The van der Waals surface area contributed by atoms with Crippen LogP contribution in [0, 0.1) is 0 Å². The number of benzene rings is 3. The number of carbonyl (C=O) groups is 2. The smallest absolute Gasteiger partial charge is 0.300 e. The molecule has 0 bridgehead atoms. The van der Waals surface area contributed by atoms with E-state index in [4.69, 9.17) is 11.6 Å². The van der Waals surface area contributed by atoms with Crippen LogP contribution < -0.4 is 4.90 Å². The van der Waals surface area contributed by atoms with Crippen LogP contribution in [0.5, 0.6) is 0 Å². The van der Waals surface area contributed by atoms with E-state index in [1.165, 1.54) is 4.90 Å². The Bertz CT molecular complexity index is 1080. The Morgan fingerprint density at radius 2 is 1.50 bits per heavy atom. The maximum atomic E-state index is 12.9. The van der Waals surface area contributed by atoms with E-state index >= 15 is 0 Å². The van der Waals surface area contributed by atoms with E-state index in [-0.39, 0.29) is 11.3 Å². The first kappa shape index (κ1) is 18.0. The number of hydrogen-bond acceptors (Lipinski definition) is 3. The third-order valence-corrected chi connectivity index (χ3v) is 4.93. The van der Waals surface area contributed by atoms with Gasteiger partial charge in [-0.25, -0.2) is 0 Å². The van der Waals surface area contributed by atoms with E-state index in [0.717, 1.165) is 5.56 Å². The molecule has 1 amide bonds. The summed E-state index contributed by atoms with van der Waals surface area (Å²) < 4.78 is 0. The molecule has 5 heteroatoms. The van der Waals surface area contributed by atoms with Crippen LogP contribution in [0.4, 0.5) is 5.69 Å². The van der Waals surface area contributed by atoms with E-state index in [1.807, 2.05) is 36.4 Å². The molecule has 0 spiro atoms. The van der Waals surface area contributed by atoms with Crippen LogP contribution in [0.1, 0.15) is 17.2 Å². The van der Waals surface area contributed by atoms with Crippen molar-refractivity contribution in [2.75, 3.05) is 4.90 Å². The standard InChI is InChI=1S/C23H16ClNO3/c24-17-12-7-13-18(14-17)25-20(15-8-3-1-4-9-15)19(22(27)23(25)28)21(26)16-10-5-2-6-11-16/h1-14,20,26H/b21-19+. The molecule has 138 valence electrons. The molecule has 1 aliphatic heterocycles. The van der Waals surface area contributed by atoms with Crippen molar-refractivity contribution in [1.29, 1.82) is 0 Å². The highest BCUT2D eigenvalue weighted by Crippen LogP contribution is 2.42. The molecule has 4 rings (SSSR count). The molecule has 0 aromatic heterocycles. The van der Waals surface area contributed by atoms with Crippen molar-refractivity contribution >= 4 is 34.7 Å². The van der Waals surface area contributed by atoms with Gasteiger partial charge in [-0.3, -0.25) is 14.5 Å². The predicted molar refractivity (Wildman–Crippen MR) is 109 cm³/mol. The molecule has 0 aliphatic carbocycles. The van der Waals surface area contributed by atoms with Crippen molar-refractivity contribution in [3.8, 4) is 0 Å². The van der Waals surface area contributed by atoms with Crippen molar-refractivity contribution in [3.63, 3.8) is 0 Å². The molecule has 3 aromatic rings. The van der Waals surface area contributed by atoms with Gasteiger partial charge in [0.2, 0.25) is 0 Å². The van der Waals surface area contributed by atoms with Crippen molar-refractivity contribution in [2.45, 2.75) is 6.04 Å². The van der Waals surface area contributed by atoms with Gasteiger partial charge in [-0.15, -0.1) is 0 Å². The Balaban J connectivity index is 1.95. The summed E-state index contributed by atoms with van der Waals surface area (Å²) in [6.45, 7) is 0. The number of anilines is 1. The number of rotatable bonds is 3. The second kappa shape index (κ2) is 7.33. The normalized spacial score (nSPS) is 18.5. The summed E-state index contributed by atoms with van der Waals surface area (Å²) in [6, 6.07) is 23.9. The summed E-state index contributed by atoms with van der Waals surface area (Å²) in [6.07, 6.45) is 0. The number of Topliss-reactive ketones (excluding diaryl/α,β-unsaturated/α-hetero) is 1. The Morgan fingerprint density at radius 1 is 0.857 bits per heavy atom. The quantitative estimate of drug-likeness (QED) is 0.391. The van der Waals surface area contributed by atoms with Crippen LogP contribution in [0.15, 0.2) is 90.5 Å². The molecule has 28 heavy (non-hydrogen) atoms. The first-order valence-electron chi connectivity index (χ1n) is 8.75. The molecule has 0 saturated carbocycles. The molecule has 1 heterocycles. The molecule has 0 radical (unpaired) electrons. The van der Waals surface area contributed by atoms with Gasteiger partial charge in [0.1, 0.15) is 5.76 Å². The zero-order valence-electron chi connectivity index (χ0n) is 14.7. The van der Waals surface area contributed by atoms with Crippen LogP contribution >= 0.6 is 11.6 Å². The second-order valence-electron chi connectivity index (χ2n) is 6.43. The summed E-state index contributed by atoms with van der Waals surface area (Å²) in [5.41, 5.74) is 1.75. The van der Waals surface area contributed by atoms with Crippen LogP contribution in [-0.4, -0.2) is 16.8 Å². The number of carbonyl (C=O) groups excluding carboxylic acids is 2.